The molecule has 6 nitrogen and oxygen atoms in total. The molecule has 1 unspecified atom stereocenters. The molecule has 1 atom stereocenters. The molecule has 0 aromatic heterocycles. The minimum Gasteiger partial charge on any atom is -0.573 e. The lowest BCUT2D eigenvalue weighted by Gasteiger charge is -1.87. The van der Waals surface area contributed by atoms with Crippen molar-refractivity contribution in [3.05, 3.63) is 0 Å². The van der Waals surface area contributed by atoms with Crippen LogP contribution in [0.15, 0.2) is 0 Å². The lowest BCUT2D eigenvalue weighted by molar-refractivity contribution is -0.168. The second-order valence-corrected chi connectivity index (χ2v) is 1.80. The van der Waals surface area contributed by atoms with Gasteiger partial charge in [0.15, 0.2) is 0 Å². The highest BCUT2D eigenvalue weighted by atomic mass is 31.1. The Morgan fingerprint density at radius 2 is 2.00 bits per heavy atom. The zero-order valence-corrected chi connectivity index (χ0v) is 5.05. The van der Waals surface area contributed by atoms with E-state index >= 15 is 0 Å². The number of nitrogens with two attached hydrogens (primary N) is 1. The quantitative estimate of drug-likeness (QED) is 0.320. The van der Waals surface area contributed by atoms with Crippen LogP contribution in [0.1, 0.15) is 0 Å². The highest BCUT2D eigenvalue weighted by Crippen LogP contribution is 1.95. The van der Waals surface area contributed by atoms with Gasteiger partial charge in [0, 0.05) is 0 Å². The molecule has 0 aliphatic carbocycles. The van der Waals surface area contributed by atoms with E-state index < -0.39 is 20.0 Å². The molecule has 0 saturated heterocycles. The molecular weight excluding hydrogens is 147 g/mol. The van der Waals surface area contributed by atoms with Crippen molar-refractivity contribution in [3.8, 4) is 0 Å². The van der Waals surface area contributed by atoms with Gasteiger partial charge in [0.2, 0.25) is 0 Å². The van der Waals surface area contributed by atoms with Crippen molar-refractivity contribution >= 4 is 20.0 Å². The van der Waals surface area contributed by atoms with Crippen LogP contribution < -0.4 is 15.7 Å². The first kappa shape index (κ1) is 8.00. The van der Waals surface area contributed by atoms with E-state index in [2.05, 4.69) is 5.73 Å². The normalized spacial score (nSPS) is 10.1. The zero-order chi connectivity index (χ0) is 7.44. The van der Waals surface area contributed by atoms with Crippen LogP contribution in [0.2, 0.25) is 0 Å². The van der Waals surface area contributed by atoms with Crippen molar-refractivity contribution in [2.75, 3.05) is 0 Å². The van der Waals surface area contributed by atoms with Gasteiger partial charge in [0.1, 0.15) is 0 Å². The van der Waals surface area contributed by atoms with Crippen molar-refractivity contribution in [2.45, 2.75) is 0 Å². The van der Waals surface area contributed by atoms with Crippen LogP contribution in [0.25, 0.3) is 0 Å². The van der Waals surface area contributed by atoms with Gasteiger partial charge in [-0.05, 0) is 4.57 Å². The molecule has 0 bridgehead atoms. The first-order valence-corrected chi connectivity index (χ1v) is 2.96. The molecule has 0 aliphatic rings. The molecule has 7 heteroatoms. The second-order valence-electron chi connectivity index (χ2n) is 1.06. The summed E-state index contributed by atoms with van der Waals surface area (Å²) in [6.45, 7) is 0. The Balaban J connectivity index is 3.79. The Morgan fingerprint density at radius 1 is 1.56 bits per heavy atom. The summed E-state index contributed by atoms with van der Waals surface area (Å²) in [6, 6.07) is 0. The maximum Gasteiger partial charge on any atom is 0.440 e. The number of carbonyl (C=O) groups is 2. The first-order chi connectivity index (χ1) is 4.04. The molecule has 0 saturated carbocycles. The van der Waals surface area contributed by atoms with Crippen LogP contribution in [0, 0.1) is 0 Å². The van der Waals surface area contributed by atoms with E-state index in [1.165, 1.54) is 5.09 Å². The molecule has 9 heavy (non-hydrogen) atoms. The summed E-state index contributed by atoms with van der Waals surface area (Å²) in [4.78, 5) is 29.4. The fraction of sp³-hybridized carbons (Fsp3) is 0. The molecule has 50 valence electrons. The topological polar surface area (TPSA) is 112 Å². The van der Waals surface area contributed by atoms with Crippen molar-refractivity contribution < 1.29 is 19.0 Å². The third-order valence-corrected chi connectivity index (χ3v) is 0.802. The van der Waals surface area contributed by atoms with Crippen molar-refractivity contribution in [1.29, 1.82) is 0 Å². The molecule has 0 spiro atoms. The minimum atomic E-state index is -3.07. The van der Waals surface area contributed by atoms with Crippen LogP contribution in [0.3, 0.4) is 0 Å². The number of primary amides is 1. The maximum atomic E-state index is 9.98. The molecule has 0 aromatic carbocycles. The van der Waals surface area contributed by atoms with Gasteiger partial charge in [-0.15, -0.1) is 5.09 Å². The Kier molecular flexibility index (Phi) is 2.77. The van der Waals surface area contributed by atoms with E-state index in [-0.39, 0.29) is 0 Å². The predicted octanol–water partition coefficient (Wildman–Crippen LogP) is -2.39. The van der Waals surface area contributed by atoms with E-state index in [0.29, 0.717) is 0 Å². The molecule has 0 radical (unpaired) electrons. The summed E-state index contributed by atoms with van der Waals surface area (Å²) < 4.78 is 9.61. The van der Waals surface area contributed by atoms with E-state index in [4.69, 9.17) is 0 Å². The highest BCUT2D eigenvalue weighted by molar-refractivity contribution is 7.35. The maximum absolute atomic E-state index is 9.98. The van der Waals surface area contributed by atoms with Crippen LogP contribution in [-0.2, 0) is 14.2 Å². The lowest BCUT2D eigenvalue weighted by Crippen LogP contribution is -2.33. The Morgan fingerprint density at radius 3 is 2.11 bits per heavy atom. The van der Waals surface area contributed by atoms with Gasteiger partial charge in [-0.1, -0.05) is 0 Å². The van der Waals surface area contributed by atoms with Crippen LogP contribution >= 0.6 is 8.18 Å². The van der Waals surface area contributed by atoms with Gasteiger partial charge >= 0.3 is 20.0 Å². The largest absolute Gasteiger partial charge is 0.573 e. The third kappa shape index (κ3) is 3.57. The predicted molar refractivity (Wildman–Crippen MR) is 24.9 cm³/mol. The van der Waals surface area contributed by atoms with E-state index in [1.807, 2.05) is 0 Å². The average Bonchev–Trinajstić information content (AvgIpc) is 1.63. The minimum absolute atomic E-state index is 1.28. The van der Waals surface area contributed by atoms with Crippen LogP contribution in [0.4, 0.5) is 0 Å². The summed E-state index contributed by atoms with van der Waals surface area (Å²) in [6.07, 6.45) is 0. The fourth-order valence-electron chi connectivity index (χ4n) is 0.138. The molecule has 0 fully saturated rings. The Labute approximate surface area is 51.0 Å². The van der Waals surface area contributed by atoms with Crippen molar-refractivity contribution in [1.82, 2.24) is 5.09 Å². The summed E-state index contributed by atoms with van der Waals surface area (Å²) in [5.74, 6) is -2.65. The first-order valence-electron chi connectivity index (χ1n) is 1.79. The third-order valence-electron chi connectivity index (χ3n) is 0.417. The zero-order valence-electron chi connectivity index (χ0n) is 4.16. The molecule has 0 aromatic rings. The molecular formula is C2H3N2O4P. The molecule has 2 amide bonds. The Hall–Kier alpha value is -1.00. The van der Waals surface area contributed by atoms with Gasteiger partial charge in [0.05, 0.1) is 0 Å². The monoisotopic (exact) mass is 150 g/mol. The number of carbonyl (C=O) groups excluding carboxylic acids is 2. The van der Waals surface area contributed by atoms with Crippen LogP contribution in [0.5, 0.6) is 0 Å². The number of rotatable bonds is 1. The summed E-state index contributed by atoms with van der Waals surface area (Å²) in [7, 11) is -3.07. The van der Waals surface area contributed by atoms with Crippen molar-refractivity contribution in [3.63, 3.8) is 0 Å². The number of hydrogen-bond acceptors (Lipinski definition) is 4. The van der Waals surface area contributed by atoms with Gasteiger partial charge < -0.3 is 10.6 Å². The fourth-order valence-corrected chi connectivity index (χ4v) is 0.414. The number of hydrogen-bond donors (Lipinski definition) is 2. The summed E-state index contributed by atoms with van der Waals surface area (Å²) in [5.41, 5.74) is 4.37. The summed E-state index contributed by atoms with van der Waals surface area (Å²) in [5, 5.41) is 1.28. The standard InChI is InChI=1S/C2H3N2O4P/c3-1(5)2(6)4-9(7)8/h(H2,3,5)(H,4,6,7,8). The highest BCUT2D eigenvalue weighted by Gasteiger charge is 2.13. The van der Waals surface area contributed by atoms with Gasteiger partial charge in [-0.25, -0.2) is 0 Å². The molecule has 3 N–H and O–H groups in total. The molecule has 0 rings (SSSR count). The SMILES string of the molecule is NC(=O)C(=O)N[P+](=O)[O-]. The molecule has 0 aliphatic heterocycles. The smallest absolute Gasteiger partial charge is 0.440 e. The number of amides is 2. The van der Waals surface area contributed by atoms with Crippen LogP contribution in [-0.4, -0.2) is 11.8 Å². The van der Waals surface area contributed by atoms with E-state index in [1.54, 1.807) is 0 Å². The van der Waals surface area contributed by atoms with Crippen molar-refractivity contribution in [2.24, 2.45) is 5.73 Å². The van der Waals surface area contributed by atoms with E-state index in [9.17, 15) is 19.0 Å². The van der Waals surface area contributed by atoms with Gasteiger partial charge in [-0.2, -0.15) is 0 Å². The second kappa shape index (κ2) is 3.11. The van der Waals surface area contributed by atoms with Gasteiger partial charge in [-0.3, -0.25) is 9.59 Å². The van der Waals surface area contributed by atoms with Gasteiger partial charge in [0.25, 0.3) is 0 Å². The Bertz CT molecular complexity index is 166. The average molecular weight is 150 g/mol. The van der Waals surface area contributed by atoms with E-state index in [0.717, 1.165) is 0 Å². The lowest BCUT2D eigenvalue weighted by atomic mass is 10.6. The molecule has 0 heterocycles. The number of nitrogens with one attached hydrogen (secondary N) is 1. The summed E-state index contributed by atoms with van der Waals surface area (Å²) >= 11 is 0.